The van der Waals surface area contributed by atoms with Crippen LogP contribution in [0.15, 0.2) is 58.3 Å². The van der Waals surface area contributed by atoms with Crippen LogP contribution in [0.3, 0.4) is 0 Å². The van der Waals surface area contributed by atoms with Crippen LogP contribution in [0.25, 0.3) is 11.1 Å². The maximum absolute atomic E-state index is 11.9. The summed E-state index contributed by atoms with van der Waals surface area (Å²) in [5.41, 5.74) is 1.59. The Kier molecular flexibility index (Phi) is 6.31. The van der Waals surface area contributed by atoms with Gasteiger partial charge in [-0.25, -0.2) is 16.8 Å². The predicted octanol–water partition coefficient (Wildman–Crippen LogP) is 3.38. The molecule has 0 saturated carbocycles. The molecule has 0 aromatic heterocycles. The Labute approximate surface area is 152 Å². The highest BCUT2D eigenvalue weighted by molar-refractivity contribution is 7.91. The Morgan fingerprint density at radius 1 is 0.583 bits per heavy atom. The summed E-state index contributed by atoms with van der Waals surface area (Å²) in [6.45, 7) is 0. The topological polar surface area (TPSA) is 68.3 Å². The summed E-state index contributed by atoms with van der Waals surface area (Å²) in [6, 6.07) is 12.8. The highest BCUT2D eigenvalue weighted by Gasteiger charge is 2.15. The van der Waals surface area contributed by atoms with E-state index >= 15 is 0 Å². The van der Waals surface area contributed by atoms with E-state index in [0.29, 0.717) is 0 Å². The van der Waals surface area contributed by atoms with Crippen LogP contribution in [0.4, 0.5) is 0 Å². The van der Waals surface area contributed by atoms with Crippen molar-refractivity contribution >= 4 is 42.9 Å². The second-order valence-corrected chi connectivity index (χ2v) is 10.0. The van der Waals surface area contributed by atoms with E-state index in [0.717, 1.165) is 11.1 Å². The minimum atomic E-state index is -3.37. The fourth-order valence-corrected chi connectivity index (χ4v) is 5.35. The predicted molar refractivity (Wildman–Crippen MR) is 97.4 cm³/mol. The Morgan fingerprint density at radius 3 is 1.12 bits per heavy atom. The van der Waals surface area contributed by atoms with Crippen molar-refractivity contribution in [2.24, 2.45) is 0 Å². The molecule has 0 unspecified atom stereocenters. The lowest BCUT2D eigenvalue weighted by molar-refractivity contribution is 0.596. The third kappa shape index (κ3) is 4.51. The molecule has 0 saturated heterocycles. The zero-order valence-corrected chi connectivity index (χ0v) is 15.8. The Balaban J connectivity index is 2.27. The summed E-state index contributed by atoms with van der Waals surface area (Å²) in [4.78, 5) is 0.432. The van der Waals surface area contributed by atoms with Crippen LogP contribution in [0.2, 0.25) is 0 Å². The van der Waals surface area contributed by atoms with Crippen LogP contribution in [-0.2, 0) is 19.7 Å². The highest BCUT2D eigenvalue weighted by atomic mass is 35.5. The number of halogens is 2. The van der Waals surface area contributed by atoms with E-state index in [2.05, 4.69) is 0 Å². The summed E-state index contributed by atoms with van der Waals surface area (Å²) in [5, 5.41) is 0. The molecule has 24 heavy (non-hydrogen) atoms. The summed E-state index contributed by atoms with van der Waals surface area (Å²) in [6.07, 6.45) is 0. The SMILES string of the molecule is O=S(=O)(CCCl)c1ccc(-c2ccc(S(=O)(=O)CCCl)cc2)cc1. The molecule has 0 spiro atoms. The number of benzene rings is 2. The molecule has 0 atom stereocenters. The normalized spacial score (nSPS) is 12.2. The first-order chi connectivity index (χ1) is 11.3. The first kappa shape index (κ1) is 19.2. The molecular formula is C16H16Cl2O4S2. The molecule has 4 nitrogen and oxygen atoms in total. The Bertz CT molecular complexity index is 811. The van der Waals surface area contributed by atoms with Crippen molar-refractivity contribution in [1.82, 2.24) is 0 Å². The smallest absolute Gasteiger partial charge is 0.179 e. The molecule has 0 radical (unpaired) electrons. The lowest BCUT2D eigenvalue weighted by atomic mass is 10.1. The molecule has 0 aliphatic heterocycles. The second-order valence-electron chi connectivity index (χ2n) is 5.06. The van der Waals surface area contributed by atoms with Gasteiger partial charge in [0.1, 0.15) is 0 Å². The monoisotopic (exact) mass is 406 g/mol. The van der Waals surface area contributed by atoms with Gasteiger partial charge in [0, 0.05) is 11.8 Å². The summed E-state index contributed by atoms with van der Waals surface area (Å²) in [5.74, 6) is -0.132. The number of hydrogen-bond acceptors (Lipinski definition) is 4. The second kappa shape index (κ2) is 7.87. The van der Waals surface area contributed by atoms with E-state index in [1.54, 1.807) is 24.3 Å². The number of rotatable bonds is 7. The summed E-state index contributed by atoms with van der Waals surface area (Å²) < 4.78 is 47.7. The van der Waals surface area contributed by atoms with Gasteiger partial charge >= 0.3 is 0 Å². The fourth-order valence-electron chi connectivity index (χ4n) is 2.15. The molecule has 2 aromatic carbocycles. The van der Waals surface area contributed by atoms with Gasteiger partial charge in [-0.2, -0.15) is 0 Å². The van der Waals surface area contributed by atoms with Gasteiger partial charge < -0.3 is 0 Å². The minimum absolute atomic E-state index is 0.0440. The molecule has 2 aromatic rings. The first-order valence-electron chi connectivity index (χ1n) is 7.08. The van der Waals surface area contributed by atoms with Gasteiger partial charge in [-0.3, -0.25) is 0 Å². The maximum Gasteiger partial charge on any atom is 0.179 e. The highest BCUT2D eigenvalue weighted by Crippen LogP contribution is 2.24. The zero-order chi connectivity index (χ0) is 17.8. The van der Waals surface area contributed by atoms with Crippen LogP contribution >= 0.6 is 23.2 Å². The van der Waals surface area contributed by atoms with Crippen LogP contribution in [0.1, 0.15) is 0 Å². The van der Waals surface area contributed by atoms with Gasteiger partial charge in [0.15, 0.2) is 19.7 Å². The summed E-state index contributed by atoms with van der Waals surface area (Å²) >= 11 is 11.0. The Morgan fingerprint density at radius 2 is 0.875 bits per heavy atom. The first-order valence-corrected chi connectivity index (χ1v) is 11.5. The zero-order valence-electron chi connectivity index (χ0n) is 12.7. The van der Waals surface area contributed by atoms with E-state index in [1.165, 1.54) is 24.3 Å². The van der Waals surface area contributed by atoms with Crippen molar-refractivity contribution in [3.63, 3.8) is 0 Å². The molecule has 0 aliphatic rings. The van der Waals surface area contributed by atoms with Gasteiger partial charge in [0.05, 0.1) is 21.3 Å². The van der Waals surface area contributed by atoms with Gasteiger partial charge in [-0.1, -0.05) is 24.3 Å². The molecule has 2 rings (SSSR count). The number of hydrogen-bond donors (Lipinski definition) is 0. The van der Waals surface area contributed by atoms with Crippen molar-refractivity contribution in [2.75, 3.05) is 23.3 Å². The quantitative estimate of drug-likeness (QED) is 0.660. The average molecular weight is 407 g/mol. The maximum atomic E-state index is 11.9. The summed E-state index contributed by atoms with van der Waals surface area (Å²) in [7, 11) is -6.73. The van der Waals surface area contributed by atoms with Gasteiger partial charge in [-0.05, 0) is 35.4 Å². The lowest BCUT2D eigenvalue weighted by Gasteiger charge is -2.07. The lowest BCUT2D eigenvalue weighted by Crippen LogP contribution is -2.08. The van der Waals surface area contributed by atoms with Crippen molar-refractivity contribution in [3.8, 4) is 11.1 Å². The molecule has 130 valence electrons. The van der Waals surface area contributed by atoms with E-state index < -0.39 is 19.7 Å². The number of alkyl halides is 2. The molecular weight excluding hydrogens is 391 g/mol. The fraction of sp³-hybridized carbons (Fsp3) is 0.250. The average Bonchev–Trinajstić information content (AvgIpc) is 2.55. The van der Waals surface area contributed by atoms with E-state index in [1.807, 2.05) is 0 Å². The minimum Gasteiger partial charge on any atom is -0.224 e. The van der Waals surface area contributed by atoms with E-state index in [4.69, 9.17) is 23.2 Å². The number of sulfone groups is 2. The van der Waals surface area contributed by atoms with Crippen molar-refractivity contribution in [2.45, 2.75) is 9.79 Å². The van der Waals surface area contributed by atoms with Gasteiger partial charge in [0.25, 0.3) is 0 Å². The van der Waals surface area contributed by atoms with Crippen molar-refractivity contribution in [1.29, 1.82) is 0 Å². The van der Waals surface area contributed by atoms with E-state index in [-0.39, 0.29) is 33.1 Å². The van der Waals surface area contributed by atoms with Gasteiger partial charge in [0.2, 0.25) is 0 Å². The molecule has 0 amide bonds. The van der Waals surface area contributed by atoms with Crippen LogP contribution in [-0.4, -0.2) is 40.1 Å². The molecule has 0 fully saturated rings. The standard InChI is InChI=1S/C16H16Cl2O4S2/c17-9-11-23(19,20)15-5-1-13(2-6-15)14-3-7-16(8-4-14)24(21,22)12-10-18/h1-8H,9-12H2. The van der Waals surface area contributed by atoms with Crippen molar-refractivity contribution < 1.29 is 16.8 Å². The molecule has 0 bridgehead atoms. The Hall–Kier alpha value is -1.08. The molecule has 0 heterocycles. The largest absolute Gasteiger partial charge is 0.224 e. The van der Waals surface area contributed by atoms with Crippen LogP contribution in [0, 0.1) is 0 Å². The molecule has 8 heteroatoms. The van der Waals surface area contributed by atoms with E-state index in [9.17, 15) is 16.8 Å². The van der Waals surface area contributed by atoms with Crippen LogP contribution < -0.4 is 0 Å². The third-order valence-corrected chi connectivity index (χ3v) is 7.74. The van der Waals surface area contributed by atoms with Crippen LogP contribution in [0.5, 0.6) is 0 Å². The molecule has 0 N–H and O–H groups in total. The van der Waals surface area contributed by atoms with Crippen molar-refractivity contribution in [3.05, 3.63) is 48.5 Å². The third-order valence-electron chi connectivity index (χ3n) is 3.45. The van der Waals surface area contributed by atoms with Gasteiger partial charge in [-0.15, -0.1) is 23.2 Å². The molecule has 0 aliphatic carbocycles.